The van der Waals surface area contributed by atoms with Crippen LogP contribution in [0.4, 0.5) is 5.69 Å². The fraction of sp³-hybridized carbons (Fsp3) is 0.346. The van der Waals surface area contributed by atoms with E-state index < -0.39 is 0 Å². The van der Waals surface area contributed by atoms with E-state index in [0.717, 1.165) is 38.3 Å². The van der Waals surface area contributed by atoms with E-state index in [2.05, 4.69) is 61.2 Å². The highest BCUT2D eigenvalue weighted by molar-refractivity contribution is 7.15. The number of benzene rings is 2. The van der Waals surface area contributed by atoms with Crippen LogP contribution in [-0.2, 0) is 11.2 Å². The predicted octanol–water partition coefficient (Wildman–Crippen LogP) is 5.32. The van der Waals surface area contributed by atoms with Crippen molar-refractivity contribution in [2.24, 2.45) is 0 Å². The third-order valence-corrected chi connectivity index (χ3v) is 7.15. The van der Waals surface area contributed by atoms with Gasteiger partial charge >= 0.3 is 0 Å². The molecule has 0 aliphatic carbocycles. The van der Waals surface area contributed by atoms with Crippen LogP contribution >= 0.6 is 11.3 Å². The van der Waals surface area contributed by atoms with Crippen LogP contribution in [0.25, 0.3) is 10.4 Å². The summed E-state index contributed by atoms with van der Waals surface area (Å²) in [5.74, 6) is 1.13. The highest BCUT2D eigenvalue weighted by Crippen LogP contribution is 2.30. The predicted molar refractivity (Wildman–Crippen MR) is 129 cm³/mol. The molecule has 5 heteroatoms. The SMILES string of the molecule is COc1ccc(-c2ccc(CCC(=O)N3CCN(c4cc(C)ccc4C)CC3)s2)cc1. The molecule has 0 unspecified atom stereocenters. The van der Waals surface area contributed by atoms with Crippen LogP contribution in [0.15, 0.2) is 54.6 Å². The van der Waals surface area contributed by atoms with E-state index in [1.807, 2.05) is 17.0 Å². The van der Waals surface area contributed by atoms with Crippen LogP contribution < -0.4 is 9.64 Å². The molecule has 4 rings (SSSR count). The lowest BCUT2D eigenvalue weighted by molar-refractivity contribution is -0.131. The Labute approximate surface area is 189 Å². The smallest absolute Gasteiger partial charge is 0.223 e. The number of anilines is 1. The van der Waals surface area contributed by atoms with Gasteiger partial charge in [-0.25, -0.2) is 0 Å². The molecule has 0 saturated carbocycles. The van der Waals surface area contributed by atoms with Crippen molar-refractivity contribution in [3.8, 4) is 16.2 Å². The van der Waals surface area contributed by atoms with E-state index in [4.69, 9.17) is 4.74 Å². The molecule has 2 aromatic carbocycles. The molecule has 1 aliphatic heterocycles. The van der Waals surface area contributed by atoms with Gasteiger partial charge in [0.15, 0.2) is 0 Å². The van der Waals surface area contributed by atoms with Gasteiger partial charge in [-0.05, 0) is 79.4 Å². The Kier molecular flexibility index (Phi) is 6.62. The summed E-state index contributed by atoms with van der Waals surface area (Å²) in [6.07, 6.45) is 1.38. The molecule has 31 heavy (non-hydrogen) atoms. The minimum Gasteiger partial charge on any atom is -0.497 e. The number of aryl methyl sites for hydroxylation is 3. The molecular formula is C26H30N2O2S. The first-order chi connectivity index (χ1) is 15.0. The number of hydrogen-bond acceptors (Lipinski definition) is 4. The lowest BCUT2D eigenvalue weighted by atomic mass is 10.1. The van der Waals surface area contributed by atoms with Crippen molar-refractivity contribution in [1.29, 1.82) is 0 Å². The molecule has 1 aromatic heterocycles. The second-order valence-electron chi connectivity index (χ2n) is 8.15. The van der Waals surface area contributed by atoms with Gasteiger partial charge in [-0.1, -0.05) is 12.1 Å². The Morgan fingerprint density at radius 3 is 2.42 bits per heavy atom. The van der Waals surface area contributed by atoms with E-state index >= 15 is 0 Å². The Balaban J connectivity index is 1.29. The molecule has 0 spiro atoms. The van der Waals surface area contributed by atoms with Gasteiger partial charge in [0.25, 0.3) is 0 Å². The summed E-state index contributed by atoms with van der Waals surface area (Å²) < 4.78 is 5.23. The maximum absolute atomic E-state index is 12.8. The van der Waals surface area contributed by atoms with Gasteiger partial charge < -0.3 is 14.5 Å². The first-order valence-corrected chi connectivity index (χ1v) is 11.7. The number of nitrogens with zero attached hydrogens (tertiary/aromatic N) is 2. The molecule has 3 aromatic rings. The van der Waals surface area contributed by atoms with Crippen LogP contribution in [0.5, 0.6) is 5.75 Å². The zero-order valence-electron chi connectivity index (χ0n) is 18.6. The van der Waals surface area contributed by atoms with Crippen molar-refractivity contribution in [3.63, 3.8) is 0 Å². The monoisotopic (exact) mass is 434 g/mol. The molecule has 1 fully saturated rings. The van der Waals surface area contributed by atoms with Crippen LogP contribution in [-0.4, -0.2) is 44.1 Å². The van der Waals surface area contributed by atoms with Gasteiger partial charge in [0.2, 0.25) is 5.91 Å². The lowest BCUT2D eigenvalue weighted by Gasteiger charge is -2.37. The largest absolute Gasteiger partial charge is 0.497 e. The quantitative estimate of drug-likeness (QED) is 0.526. The minimum absolute atomic E-state index is 0.264. The summed E-state index contributed by atoms with van der Waals surface area (Å²) in [5.41, 5.74) is 5.07. The number of carbonyl (C=O) groups is 1. The van der Waals surface area contributed by atoms with E-state index in [1.165, 1.54) is 32.1 Å². The third kappa shape index (κ3) is 5.10. The standard InChI is InChI=1S/C26H30N2O2S/c1-19-4-5-20(2)24(18-19)27-14-16-28(17-15-27)26(29)13-11-23-10-12-25(31-23)21-6-8-22(30-3)9-7-21/h4-10,12,18H,11,13-17H2,1-3H3. The number of ether oxygens (including phenoxy) is 1. The normalized spacial score (nSPS) is 14.0. The molecule has 4 nitrogen and oxygen atoms in total. The van der Waals surface area contributed by atoms with E-state index in [0.29, 0.717) is 6.42 Å². The maximum Gasteiger partial charge on any atom is 0.223 e. The number of hydrogen-bond donors (Lipinski definition) is 0. The Bertz CT molecular complexity index is 1030. The highest BCUT2D eigenvalue weighted by atomic mass is 32.1. The van der Waals surface area contributed by atoms with Crippen molar-refractivity contribution in [2.45, 2.75) is 26.7 Å². The molecule has 0 bridgehead atoms. The van der Waals surface area contributed by atoms with Gasteiger partial charge in [-0.15, -0.1) is 11.3 Å². The first-order valence-electron chi connectivity index (χ1n) is 10.9. The van der Waals surface area contributed by atoms with Crippen LogP contribution in [0.2, 0.25) is 0 Å². The van der Waals surface area contributed by atoms with E-state index in [9.17, 15) is 4.79 Å². The topological polar surface area (TPSA) is 32.8 Å². The number of carbonyl (C=O) groups excluding carboxylic acids is 1. The summed E-state index contributed by atoms with van der Waals surface area (Å²) in [6, 6.07) is 19.0. The fourth-order valence-electron chi connectivity index (χ4n) is 4.07. The Hall–Kier alpha value is -2.79. The number of amides is 1. The maximum atomic E-state index is 12.8. The number of methoxy groups -OCH3 is 1. The van der Waals surface area contributed by atoms with Gasteiger partial charge in [-0.3, -0.25) is 4.79 Å². The minimum atomic E-state index is 0.264. The van der Waals surface area contributed by atoms with Gasteiger partial charge in [0, 0.05) is 48.0 Å². The second kappa shape index (κ2) is 9.56. The number of thiophene rings is 1. The van der Waals surface area contributed by atoms with Gasteiger partial charge in [-0.2, -0.15) is 0 Å². The number of rotatable bonds is 6. The van der Waals surface area contributed by atoms with Crippen molar-refractivity contribution >= 4 is 22.9 Å². The molecule has 1 aliphatic rings. The summed E-state index contributed by atoms with van der Waals surface area (Å²) >= 11 is 1.77. The van der Waals surface area contributed by atoms with Crippen molar-refractivity contribution in [2.75, 3.05) is 38.2 Å². The van der Waals surface area contributed by atoms with Crippen molar-refractivity contribution < 1.29 is 9.53 Å². The van der Waals surface area contributed by atoms with Crippen LogP contribution in [0, 0.1) is 13.8 Å². The average Bonchev–Trinajstić information content (AvgIpc) is 3.28. The van der Waals surface area contributed by atoms with Crippen LogP contribution in [0.3, 0.4) is 0 Å². The highest BCUT2D eigenvalue weighted by Gasteiger charge is 2.22. The summed E-state index contributed by atoms with van der Waals surface area (Å²) in [7, 11) is 1.68. The lowest BCUT2D eigenvalue weighted by Crippen LogP contribution is -2.49. The van der Waals surface area contributed by atoms with Crippen LogP contribution in [0.1, 0.15) is 22.4 Å². The summed E-state index contributed by atoms with van der Waals surface area (Å²) in [5, 5.41) is 0. The van der Waals surface area contributed by atoms with Gasteiger partial charge in [0.1, 0.15) is 5.75 Å². The fourth-order valence-corrected chi connectivity index (χ4v) is 5.08. The second-order valence-corrected chi connectivity index (χ2v) is 9.32. The third-order valence-electron chi connectivity index (χ3n) is 5.96. The molecule has 0 N–H and O–H groups in total. The molecule has 0 atom stereocenters. The van der Waals surface area contributed by atoms with E-state index in [-0.39, 0.29) is 5.91 Å². The molecule has 0 radical (unpaired) electrons. The molecule has 1 saturated heterocycles. The first kappa shape index (κ1) is 21.4. The summed E-state index contributed by atoms with van der Waals surface area (Å²) in [6.45, 7) is 7.69. The molecular weight excluding hydrogens is 404 g/mol. The van der Waals surface area contributed by atoms with E-state index in [1.54, 1.807) is 18.4 Å². The Morgan fingerprint density at radius 2 is 1.71 bits per heavy atom. The molecule has 2 heterocycles. The molecule has 1 amide bonds. The zero-order valence-corrected chi connectivity index (χ0v) is 19.4. The Morgan fingerprint density at radius 1 is 0.968 bits per heavy atom. The zero-order chi connectivity index (χ0) is 21.8. The summed E-state index contributed by atoms with van der Waals surface area (Å²) in [4.78, 5) is 19.7. The van der Waals surface area contributed by atoms with Crippen molar-refractivity contribution in [1.82, 2.24) is 4.90 Å². The average molecular weight is 435 g/mol. The molecule has 162 valence electrons. The number of piperazine rings is 1. The van der Waals surface area contributed by atoms with Gasteiger partial charge in [0.05, 0.1) is 7.11 Å². The van der Waals surface area contributed by atoms with Crippen molar-refractivity contribution in [3.05, 3.63) is 70.6 Å².